The molecule has 0 radical (unpaired) electrons. The molecule has 0 amide bonds. The maximum Gasteiger partial charge on any atom is 0.105 e. The molecule has 1 fully saturated rings. The quantitative estimate of drug-likeness (QED) is 0.844. The van der Waals surface area contributed by atoms with Crippen molar-refractivity contribution in [3.63, 3.8) is 0 Å². The molecule has 2 aliphatic heterocycles. The molecular formula is C15H22N6O. The summed E-state index contributed by atoms with van der Waals surface area (Å²) >= 11 is 0. The van der Waals surface area contributed by atoms with Crippen LogP contribution in [0.4, 0.5) is 0 Å². The zero-order chi connectivity index (χ0) is 14.9. The number of ether oxygens (including phenoxy) is 1. The van der Waals surface area contributed by atoms with Gasteiger partial charge in [-0.05, 0) is 26.3 Å². The molecule has 7 nitrogen and oxygen atoms in total. The van der Waals surface area contributed by atoms with E-state index in [1.165, 1.54) is 0 Å². The number of aromatic nitrogens is 5. The molecule has 1 saturated heterocycles. The van der Waals surface area contributed by atoms with Crippen molar-refractivity contribution in [3.8, 4) is 0 Å². The molecule has 4 rings (SSSR count). The second kappa shape index (κ2) is 5.81. The maximum absolute atomic E-state index is 5.95. The van der Waals surface area contributed by atoms with Gasteiger partial charge in [0.05, 0.1) is 30.6 Å². The van der Waals surface area contributed by atoms with Crippen LogP contribution < -0.4 is 0 Å². The highest BCUT2D eigenvalue weighted by Crippen LogP contribution is 2.29. The number of rotatable bonds is 4. The van der Waals surface area contributed by atoms with E-state index in [-0.39, 0.29) is 0 Å². The number of likely N-dealkylation sites (tertiary alicyclic amines) is 1. The Hall–Kier alpha value is -1.73. The monoisotopic (exact) mass is 302 g/mol. The standard InChI is InChI=1S/C15H22N6O/c1-12-16-4-8-20(12)6-2-5-19-7-3-15-14(10-19)21-13(11-22-15)9-17-18-21/h4,8-9,14-15H,2-3,5-7,10-11H2,1H3/t14-,15+/m1/s1. The van der Waals surface area contributed by atoms with E-state index in [2.05, 4.69) is 42.6 Å². The third kappa shape index (κ3) is 2.55. The normalized spacial score (nSPS) is 25.0. The lowest BCUT2D eigenvalue weighted by Gasteiger charge is -2.41. The van der Waals surface area contributed by atoms with Gasteiger partial charge in [-0.15, -0.1) is 5.10 Å². The Labute approximate surface area is 129 Å². The van der Waals surface area contributed by atoms with Crippen molar-refractivity contribution >= 4 is 0 Å². The van der Waals surface area contributed by atoms with Gasteiger partial charge in [-0.3, -0.25) is 0 Å². The zero-order valence-electron chi connectivity index (χ0n) is 12.9. The molecule has 4 heterocycles. The Morgan fingerprint density at radius 2 is 2.32 bits per heavy atom. The molecule has 22 heavy (non-hydrogen) atoms. The first kappa shape index (κ1) is 13.9. The van der Waals surface area contributed by atoms with Gasteiger partial charge >= 0.3 is 0 Å². The summed E-state index contributed by atoms with van der Waals surface area (Å²) in [4.78, 5) is 6.79. The van der Waals surface area contributed by atoms with Gasteiger partial charge in [0.1, 0.15) is 5.82 Å². The average Bonchev–Trinajstić information content (AvgIpc) is 3.16. The predicted molar refractivity (Wildman–Crippen MR) is 80.3 cm³/mol. The molecule has 2 aromatic heterocycles. The van der Waals surface area contributed by atoms with Crippen molar-refractivity contribution in [1.29, 1.82) is 0 Å². The summed E-state index contributed by atoms with van der Waals surface area (Å²) in [7, 11) is 0. The highest BCUT2D eigenvalue weighted by Gasteiger charge is 2.36. The van der Waals surface area contributed by atoms with Crippen LogP contribution in [0.5, 0.6) is 0 Å². The Kier molecular flexibility index (Phi) is 3.67. The van der Waals surface area contributed by atoms with Gasteiger partial charge in [-0.2, -0.15) is 0 Å². The minimum Gasteiger partial charge on any atom is -0.370 e. The number of nitrogens with zero attached hydrogens (tertiary/aromatic N) is 6. The van der Waals surface area contributed by atoms with Crippen molar-refractivity contribution in [2.75, 3.05) is 19.6 Å². The number of piperidine rings is 1. The number of aryl methyl sites for hydroxylation is 2. The number of imidazole rings is 1. The third-order valence-electron chi connectivity index (χ3n) is 4.81. The van der Waals surface area contributed by atoms with Gasteiger partial charge in [0, 0.05) is 32.0 Å². The summed E-state index contributed by atoms with van der Waals surface area (Å²) in [5.41, 5.74) is 1.09. The number of hydrogen-bond acceptors (Lipinski definition) is 5. The van der Waals surface area contributed by atoms with E-state index < -0.39 is 0 Å². The summed E-state index contributed by atoms with van der Waals surface area (Å²) in [5.74, 6) is 1.09. The SMILES string of the molecule is Cc1nccn1CCCN1CC[C@@H]2OCc3cnnn3[C@@H]2C1. The van der Waals surface area contributed by atoms with Gasteiger partial charge in [-0.25, -0.2) is 9.67 Å². The van der Waals surface area contributed by atoms with Crippen LogP contribution in [0.25, 0.3) is 0 Å². The summed E-state index contributed by atoms with van der Waals surface area (Å²) in [5, 5.41) is 8.29. The van der Waals surface area contributed by atoms with Crippen molar-refractivity contribution in [3.05, 3.63) is 30.1 Å². The molecule has 0 spiro atoms. The number of hydrogen-bond donors (Lipinski definition) is 0. The molecule has 0 unspecified atom stereocenters. The van der Waals surface area contributed by atoms with Gasteiger partial charge in [0.25, 0.3) is 0 Å². The second-order valence-electron chi connectivity index (χ2n) is 6.20. The van der Waals surface area contributed by atoms with E-state index in [9.17, 15) is 0 Å². The molecule has 2 atom stereocenters. The van der Waals surface area contributed by atoms with Gasteiger partial charge in [0.15, 0.2) is 0 Å². The van der Waals surface area contributed by atoms with Crippen molar-refractivity contribution in [2.24, 2.45) is 0 Å². The van der Waals surface area contributed by atoms with E-state index in [1.54, 1.807) is 0 Å². The molecule has 0 aliphatic carbocycles. The topological polar surface area (TPSA) is 61.0 Å². The first-order chi connectivity index (χ1) is 10.8. The predicted octanol–water partition coefficient (Wildman–Crippen LogP) is 1.02. The molecule has 0 saturated carbocycles. The van der Waals surface area contributed by atoms with Gasteiger partial charge in [0.2, 0.25) is 0 Å². The van der Waals surface area contributed by atoms with E-state index >= 15 is 0 Å². The molecule has 118 valence electrons. The molecule has 0 N–H and O–H groups in total. The molecular weight excluding hydrogens is 280 g/mol. The van der Waals surface area contributed by atoms with Crippen LogP contribution in [0.2, 0.25) is 0 Å². The minimum atomic E-state index is 0.293. The summed E-state index contributed by atoms with van der Waals surface area (Å²) in [6.07, 6.45) is 8.25. The molecule has 2 aromatic rings. The maximum atomic E-state index is 5.95. The van der Waals surface area contributed by atoms with E-state index in [4.69, 9.17) is 4.74 Å². The first-order valence-electron chi connectivity index (χ1n) is 8.02. The largest absolute Gasteiger partial charge is 0.370 e. The summed E-state index contributed by atoms with van der Waals surface area (Å²) in [6.45, 7) is 6.94. The molecule has 7 heteroatoms. The fourth-order valence-electron chi connectivity index (χ4n) is 3.55. The lowest BCUT2D eigenvalue weighted by atomic mass is 10.0. The summed E-state index contributed by atoms with van der Waals surface area (Å²) in [6, 6.07) is 0.315. The Morgan fingerprint density at radius 1 is 1.36 bits per heavy atom. The van der Waals surface area contributed by atoms with Crippen molar-refractivity contribution in [2.45, 2.75) is 45.1 Å². The van der Waals surface area contributed by atoms with Crippen LogP contribution in [0, 0.1) is 6.92 Å². The van der Waals surface area contributed by atoms with Crippen LogP contribution >= 0.6 is 0 Å². The van der Waals surface area contributed by atoms with Crippen LogP contribution in [0.1, 0.15) is 30.4 Å². The highest BCUT2D eigenvalue weighted by atomic mass is 16.5. The third-order valence-corrected chi connectivity index (χ3v) is 4.81. The van der Waals surface area contributed by atoms with Crippen molar-refractivity contribution in [1.82, 2.24) is 29.4 Å². The summed E-state index contributed by atoms with van der Waals surface area (Å²) < 4.78 is 10.2. The average molecular weight is 302 g/mol. The van der Waals surface area contributed by atoms with Crippen LogP contribution in [0.3, 0.4) is 0 Å². The van der Waals surface area contributed by atoms with Crippen LogP contribution in [-0.2, 0) is 17.9 Å². The first-order valence-corrected chi connectivity index (χ1v) is 8.02. The second-order valence-corrected chi connectivity index (χ2v) is 6.20. The molecule has 0 aromatic carbocycles. The Balaban J connectivity index is 1.35. The lowest BCUT2D eigenvalue weighted by molar-refractivity contribution is -0.0657. The fraction of sp³-hybridized carbons (Fsp3) is 0.667. The van der Waals surface area contributed by atoms with Gasteiger partial charge in [-0.1, -0.05) is 5.21 Å². The number of fused-ring (bicyclic) bond motifs is 3. The lowest BCUT2D eigenvalue weighted by Crippen LogP contribution is -2.48. The van der Waals surface area contributed by atoms with Crippen molar-refractivity contribution < 1.29 is 4.74 Å². The minimum absolute atomic E-state index is 0.293. The fourth-order valence-corrected chi connectivity index (χ4v) is 3.55. The van der Waals surface area contributed by atoms with E-state index in [0.29, 0.717) is 18.8 Å². The van der Waals surface area contributed by atoms with E-state index in [0.717, 1.165) is 50.5 Å². The van der Waals surface area contributed by atoms with Crippen LogP contribution in [0.15, 0.2) is 18.6 Å². The molecule has 0 bridgehead atoms. The smallest absolute Gasteiger partial charge is 0.105 e. The highest BCUT2D eigenvalue weighted by molar-refractivity contribution is 5.01. The Morgan fingerprint density at radius 3 is 3.18 bits per heavy atom. The zero-order valence-corrected chi connectivity index (χ0v) is 12.9. The Bertz CT molecular complexity index is 636. The van der Waals surface area contributed by atoms with Crippen LogP contribution in [-0.4, -0.2) is 55.2 Å². The molecule has 2 aliphatic rings. The van der Waals surface area contributed by atoms with E-state index in [1.807, 2.05) is 12.4 Å². The van der Waals surface area contributed by atoms with Gasteiger partial charge < -0.3 is 14.2 Å².